The van der Waals surface area contributed by atoms with Crippen LogP contribution in [0.15, 0.2) is 6.07 Å². The molecule has 1 aliphatic heterocycles. The number of aryl methyl sites for hydroxylation is 2. The molecule has 1 aromatic heterocycles. The van der Waals surface area contributed by atoms with E-state index in [-0.39, 0.29) is 23.9 Å². The molecule has 5 heteroatoms. The zero-order chi connectivity index (χ0) is 14.9. The zero-order valence-electron chi connectivity index (χ0n) is 12.3. The molecule has 2 atom stereocenters. The summed E-state index contributed by atoms with van der Waals surface area (Å²) in [5, 5.41) is 9.33. The summed E-state index contributed by atoms with van der Waals surface area (Å²) in [6, 6.07) is 1.70. The number of aromatic nitrogens is 1. The van der Waals surface area contributed by atoms with Gasteiger partial charge in [-0.1, -0.05) is 0 Å². The maximum absolute atomic E-state index is 11.4. The van der Waals surface area contributed by atoms with Crippen LogP contribution < -0.4 is 4.74 Å². The number of hydrogen-bond donors (Lipinski definition) is 1. The predicted octanol–water partition coefficient (Wildman–Crippen LogP) is 2.73. The lowest BCUT2D eigenvalue weighted by molar-refractivity contribution is -0.0722. The van der Waals surface area contributed by atoms with E-state index in [9.17, 15) is 9.90 Å². The Morgan fingerprint density at radius 3 is 2.50 bits per heavy atom. The van der Waals surface area contributed by atoms with E-state index in [4.69, 9.17) is 9.47 Å². The van der Waals surface area contributed by atoms with Gasteiger partial charge in [-0.05, 0) is 27.7 Å². The highest BCUT2D eigenvalue weighted by Gasteiger charge is 2.27. The Morgan fingerprint density at radius 2 is 1.95 bits per heavy atom. The van der Waals surface area contributed by atoms with Crippen molar-refractivity contribution in [3.63, 3.8) is 0 Å². The van der Waals surface area contributed by atoms with Gasteiger partial charge in [0.15, 0.2) is 0 Å². The number of aromatic carboxylic acids is 1. The molecule has 1 aromatic rings. The van der Waals surface area contributed by atoms with Gasteiger partial charge in [0.2, 0.25) is 0 Å². The van der Waals surface area contributed by atoms with E-state index in [1.165, 1.54) is 0 Å². The van der Waals surface area contributed by atoms with Gasteiger partial charge in [-0.3, -0.25) is 4.98 Å². The molecule has 2 rings (SSSR count). The van der Waals surface area contributed by atoms with Crippen molar-refractivity contribution < 1.29 is 19.4 Å². The summed E-state index contributed by atoms with van der Waals surface area (Å²) in [6.45, 7) is 7.54. The van der Waals surface area contributed by atoms with Crippen LogP contribution in [0.5, 0.6) is 5.75 Å². The number of pyridine rings is 1. The Bertz CT molecular complexity index is 505. The van der Waals surface area contributed by atoms with Crippen molar-refractivity contribution in [1.29, 1.82) is 0 Å². The molecule has 20 heavy (non-hydrogen) atoms. The molecule has 0 aromatic carbocycles. The van der Waals surface area contributed by atoms with Gasteiger partial charge < -0.3 is 14.6 Å². The molecule has 0 radical (unpaired) electrons. The van der Waals surface area contributed by atoms with Crippen LogP contribution in [0.2, 0.25) is 0 Å². The molecule has 0 amide bonds. The highest BCUT2D eigenvalue weighted by molar-refractivity contribution is 5.92. The Kier molecular flexibility index (Phi) is 4.28. The van der Waals surface area contributed by atoms with Crippen molar-refractivity contribution in [3.05, 3.63) is 23.0 Å². The third-order valence-electron chi connectivity index (χ3n) is 3.45. The number of ether oxygens (including phenoxy) is 2. The molecule has 0 aliphatic carbocycles. The minimum absolute atomic E-state index is 0.0203. The highest BCUT2D eigenvalue weighted by atomic mass is 16.5. The van der Waals surface area contributed by atoms with Gasteiger partial charge in [0.05, 0.1) is 17.9 Å². The second-order valence-corrected chi connectivity index (χ2v) is 5.50. The number of carboxylic acid groups (broad SMARTS) is 1. The molecular weight excluding hydrogens is 258 g/mol. The van der Waals surface area contributed by atoms with Crippen LogP contribution in [0.3, 0.4) is 0 Å². The van der Waals surface area contributed by atoms with Crippen LogP contribution in [-0.4, -0.2) is 34.4 Å². The van der Waals surface area contributed by atoms with Gasteiger partial charge in [0.1, 0.15) is 17.4 Å². The van der Waals surface area contributed by atoms with Gasteiger partial charge in [-0.2, -0.15) is 0 Å². The third kappa shape index (κ3) is 3.28. The predicted molar refractivity (Wildman–Crippen MR) is 74.3 cm³/mol. The largest absolute Gasteiger partial charge is 0.489 e. The Hall–Kier alpha value is -1.62. The van der Waals surface area contributed by atoms with E-state index < -0.39 is 5.97 Å². The number of carbonyl (C=O) groups is 1. The lowest BCUT2D eigenvalue weighted by atomic mass is 10.0. The number of hydrogen-bond acceptors (Lipinski definition) is 4. The molecule has 1 fully saturated rings. The van der Waals surface area contributed by atoms with Gasteiger partial charge in [-0.25, -0.2) is 4.79 Å². The Labute approximate surface area is 118 Å². The molecule has 0 saturated carbocycles. The monoisotopic (exact) mass is 279 g/mol. The molecule has 2 heterocycles. The van der Waals surface area contributed by atoms with Crippen molar-refractivity contribution in [2.45, 2.75) is 58.8 Å². The standard InChI is InChI=1S/C15H21NO4/c1-8-5-13(14(15(17)18)11(4)16-8)20-12-6-9(2)19-10(3)7-12/h5,9-10,12H,6-7H2,1-4H3,(H,17,18). The number of rotatable bonds is 3. The van der Waals surface area contributed by atoms with Crippen molar-refractivity contribution in [2.24, 2.45) is 0 Å². The smallest absolute Gasteiger partial charge is 0.341 e. The van der Waals surface area contributed by atoms with Crippen molar-refractivity contribution >= 4 is 5.97 Å². The van der Waals surface area contributed by atoms with Crippen LogP contribution in [0.4, 0.5) is 0 Å². The molecular formula is C15H21NO4. The molecule has 110 valence electrons. The quantitative estimate of drug-likeness (QED) is 0.921. The summed E-state index contributed by atoms with van der Waals surface area (Å²) in [6.07, 6.45) is 1.77. The molecule has 1 aliphatic rings. The topological polar surface area (TPSA) is 68.7 Å². The van der Waals surface area contributed by atoms with E-state index in [1.54, 1.807) is 13.0 Å². The first-order valence-electron chi connectivity index (χ1n) is 6.90. The first-order chi connectivity index (χ1) is 9.36. The minimum atomic E-state index is -1.00. The average Bonchev–Trinajstić information content (AvgIpc) is 2.25. The molecule has 1 saturated heterocycles. The number of carboxylic acids is 1. The normalized spacial score (nSPS) is 26.3. The van der Waals surface area contributed by atoms with Crippen LogP contribution >= 0.6 is 0 Å². The number of nitrogens with zero attached hydrogens (tertiary/aromatic N) is 1. The maximum Gasteiger partial charge on any atom is 0.341 e. The summed E-state index contributed by atoms with van der Waals surface area (Å²) >= 11 is 0. The summed E-state index contributed by atoms with van der Waals surface area (Å²) in [4.78, 5) is 15.6. The van der Waals surface area contributed by atoms with E-state index in [0.29, 0.717) is 11.4 Å². The SMILES string of the molecule is Cc1cc(OC2CC(C)OC(C)C2)c(C(=O)O)c(C)n1. The maximum atomic E-state index is 11.4. The second kappa shape index (κ2) is 5.79. The second-order valence-electron chi connectivity index (χ2n) is 5.50. The minimum Gasteiger partial charge on any atom is -0.489 e. The summed E-state index contributed by atoms with van der Waals surface area (Å²) < 4.78 is 11.6. The van der Waals surface area contributed by atoms with Gasteiger partial charge in [0.25, 0.3) is 0 Å². The summed E-state index contributed by atoms with van der Waals surface area (Å²) in [7, 11) is 0. The lowest BCUT2D eigenvalue weighted by Gasteiger charge is -2.32. The van der Waals surface area contributed by atoms with Gasteiger partial charge in [0, 0.05) is 24.6 Å². The summed E-state index contributed by atoms with van der Waals surface area (Å²) in [5.41, 5.74) is 1.40. The molecule has 5 nitrogen and oxygen atoms in total. The summed E-state index contributed by atoms with van der Waals surface area (Å²) in [5.74, 6) is -0.591. The van der Waals surface area contributed by atoms with Crippen LogP contribution in [-0.2, 0) is 4.74 Å². The van der Waals surface area contributed by atoms with Crippen molar-refractivity contribution in [2.75, 3.05) is 0 Å². The van der Waals surface area contributed by atoms with Crippen molar-refractivity contribution in [3.8, 4) is 5.75 Å². The van der Waals surface area contributed by atoms with E-state index in [0.717, 1.165) is 18.5 Å². The first kappa shape index (κ1) is 14.8. The van der Waals surface area contributed by atoms with E-state index in [2.05, 4.69) is 4.98 Å². The molecule has 0 spiro atoms. The third-order valence-corrected chi connectivity index (χ3v) is 3.45. The fourth-order valence-corrected chi connectivity index (χ4v) is 2.77. The lowest BCUT2D eigenvalue weighted by Crippen LogP contribution is -2.36. The van der Waals surface area contributed by atoms with Crippen LogP contribution in [0.1, 0.15) is 48.4 Å². The van der Waals surface area contributed by atoms with E-state index >= 15 is 0 Å². The Morgan fingerprint density at radius 1 is 1.35 bits per heavy atom. The highest BCUT2D eigenvalue weighted by Crippen LogP contribution is 2.28. The fraction of sp³-hybridized carbons (Fsp3) is 0.600. The molecule has 1 N–H and O–H groups in total. The average molecular weight is 279 g/mol. The van der Waals surface area contributed by atoms with Gasteiger partial charge >= 0.3 is 5.97 Å². The fourth-order valence-electron chi connectivity index (χ4n) is 2.77. The van der Waals surface area contributed by atoms with Gasteiger partial charge in [-0.15, -0.1) is 0 Å². The first-order valence-corrected chi connectivity index (χ1v) is 6.90. The molecule has 2 unspecified atom stereocenters. The van der Waals surface area contributed by atoms with E-state index in [1.807, 2.05) is 20.8 Å². The molecule has 0 bridgehead atoms. The van der Waals surface area contributed by atoms with Crippen LogP contribution in [0.25, 0.3) is 0 Å². The van der Waals surface area contributed by atoms with Crippen LogP contribution in [0, 0.1) is 13.8 Å². The zero-order valence-corrected chi connectivity index (χ0v) is 12.3. The van der Waals surface area contributed by atoms with Crippen molar-refractivity contribution in [1.82, 2.24) is 4.98 Å². The Balaban J connectivity index is 2.26.